The van der Waals surface area contributed by atoms with Crippen LogP contribution in [0.15, 0.2) is 6.07 Å². The Balaban J connectivity index is 1.88. The molecule has 0 bridgehead atoms. The number of thiophene rings is 1. The lowest BCUT2D eigenvalue weighted by Crippen LogP contribution is -2.38. The molecular formula is C14H23NOS. The summed E-state index contributed by atoms with van der Waals surface area (Å²) < 4.78 is 0. The molecule has 2 nitrogen and oxygen atoms in total. The molecule has 1 saturated carbocycles. The molecule has 1 fully saturated rings. The van der Waals surface area contributed by atoms with Crippen molar-refractivity contribution in [3.05, 3.63) is 21.4 Å². The van der Waals surface area contributed by atoms with Crippen LogP contribution in [0.25, 0.3) is 0 Å². The Hall–Kier alpha value is -0.380. The molecule has 3 heteroatoms. The molecule has 1 aliphatic rings. The number of hydrogen-bond donors (Lipinski definition) is 2. The average molecular weight is 253 g/mol. The smallest absolute Gasteiger partial charge is 0.0693 e. The van der Waals surface area contributed by atoms with Crippen LogP contribution in [0.5, 0.6) is 0 Å². The van der Waals surface area contributed by atoms with E-state index >= 15 is 0 Å². The van der Waals surface area contributed by atoms with Gasteiger partial charge in [0.05, 0.1) is 6.10 Å². The molecule has 0 aliphatic heterocycles. The first-order valence-corrected chi connectivity index (χ1v) is 7.46. The van der Waals surface area contributed by atoms with Gasteiger partial charge in [-0.05, 0) is 38.3 Å². The summed E-state index contributed by atoms with van der Waals surface area (Å²) in [4.78, 5) is 2.79. The summed E-state index contributed by atoms with van der Waals surface area (Å²) in [7, 11) is 0. The van der Waals surface area contributed by atoms with Crippen molar-refractivity contribution in [2.75, 3.05) is 0 Å². The van der Waals surface area contributed by atoms with E-state index in [4.69, 9.17) is 0 Å². The van der Waals surface area contributed by atoms with Gasteiger partial charge >= 0.3 is 0 Å². The zero-order chi connectivity index (χ0) is 12.3. The third kappa shape index (κ3) is 3.54. The van der Waals surface area contributed by atoms with Crippen molar-refractivity contribution in [1.29, 1.82) is 0 Å². The second-order valence-electron chi connectivity index (χ2n) is 5.14. The van der Waals surface area contributed by atoms with Crippen LogP contribution < -0.4 is 5.32 Å². The molecule has 2 atom stereocenters. The topological polar surface area (TPSA) is 32.3 Å². The SMILES string of the molecule is Cc1cc(CNC2CCCCCC2O)sc1C. The minimum absolute atomic E-state index is 0.153. The van der Waals surface area contributed by atoms with Gasteiger partial charge in [0.15, 0.2) is 0 Å². The first-order chi connectivity index (χ1) is 8.16. The molecule has 1 aromatic rings. The molecule has 2 unspecified atom stereocenters. The normalized spacial score (nSPS) is 25.8. The largest absolute Gasteiger partial charge is 0.392 e. The number of aliphatic hydroxyl groups excluding tert-OH is 1. The quantitative estimate of drug-likeness (QED) is 0.811. The summed E-state index contributed by atoms with van der Waals surface area (Å²) >= 11 is 1.87. The maximum atomic E-state index is 10.0. The van der Waals surface area contributed by atoms with Crippen LogP contribution in [0.4, 0.5) is 0 Å². The molecule has 2 N–H and O–H groups in total. The maximum absolute atomic E-state index is 10.0. The molecule has 1 heterocycles. The van der Waals surface area contributed by atoms with Gasteiger partial charge in [-0.25, -0.2) is 0 Å². The summed E-state index contributed by atoms with van der Waals surface area (Å²) in [5, 5.41) is 13.6. The highest BCUT2D eigenvalue weighted by Gasteiger charge is 2.20. The summed E-state index contributed by atoms with van der Waals surface area (Å²) in [5.41, 5.74) is 1.38. The summed E-state index contributed by atoms with van der Waals surface area (Å²) in [6.45, 7) is 5.24. The lowest BCUT2D eigenvalue weighted by atomic mass is 10.1. The zero-order valence-corrected chi connectivity index (χ0v) is 11.6. The van der Waals surface area contributed by atoms with Crippen molar-refractivity contribution in [3.63, 3.8) is 0 Å². The Morgan fingerprint density at radius 2 is 2.06 bits per heavy atom. The van der Waals surface area contributed by atoms with E-state index in [9.17, 15) is 5.11 Å². The van der Waals surface area contributed by atoms with Crippen molar-refractivity contribution >= 4 is 11.3 Å². The predicted octanol–water partition coefficient (Wildman–Crippen LogP) is 3.15. The molecule has 0 radical (unpaired) electrons. The first kappa shape index (κ1) is 13.1. The van der Waals surface area contributed by atoms with Gasteiger partial charge in [-0.1, -0.05) is 19.3 Å². The van der Waals surface area contributed by atoms with Crippen molar-refractivity contribution in [3.8, 4) is 0 Å². The van der Waals surface area contributed by atoms with E-state index in [1.165, 1.54) is 34.6 Å². The van der Waals surface area contributed by atoms with E-state index < -0.39 is 0 Å². The fourth-order valence-electron chi connectivity index (χ4n) is 2.49. The molecule has 0 saturated heterocycles. The fraction of sp³-hybridized carbons (Fsp3) is 0.714. The van der Waals surface area contributed by atoms with Crippen LogP contribution in [-0.4, -0.2) is 17.3 Å². The van der Waals surface area contributed by atoms with E-state index in [-0.39, 0.29) is 6.10 Å². The highest BCUT2D eigenvalue weighted by atomic mass is 32.1. The highest BCUT2D eigenvalue weighted by molar-refractivity contribution is 7.12. The number of aliphatic hydroxyl groups is 1. The van der Waals surface area contributed by atoms with Crippen molar-refractivity contribution in [1.82, 2.24) is 5.32 Å². The lowest BCUT2D eigenvalue weighted by Gasteiger charge is -2.21. The molecule has 0 aromatic carbocycles. The molecule has 0 spiro atoms. The minimum Gasteiger partial charge on any atom is -0.392 e. The van der Waals surface area contributed by atoms with E-state index in [1.807, 2.05) is 11.3 Å². The minimum atomic E-state index is -0.153. The Morgan fingerprint density at radius 3 is 2.76 bits per heavy atom. The maximum Gasteiger partial charge on any atom is 0.0693 e. The van der Waals surface area contributed by atoms with Gasteiger partial charge < -0.3 is 10.4 Å². The molecule has 1 aliphatic carbocycles. The molecule has 96 valence electrons. The predicted molar refractivity (Wildman–Crippen MR) is 73.5 cm³/mol. The van der Waals surface area contributed by atoms with Gasteiger partial charge in [0.2, 0.25) is 0 Å². The van der Waals surface area contributed by atoms with Crippen LogP contribution >= 0.6 is 11.3 Å². The second kappa shape index (κ2) is 5.98. The fourth-order valence-corrected chi connectivity index (χ4v) is 3.50. The lowest BCUT2D eigenvalue weighted by molar-refractivity contribution is 0.119. The van der Waals surface area contributed by atoms with E-state index in [0.717, 1.165) is 19.4 Å². The zero-order valence-electron chi connectivity index (χ0n) is 10.8. The standard InChI is InChI=1S/C14H23NOS/c1-10-8-12(17-11(10)2)9-15-13-6-4-3-5-7-14(13)16/h8,13-16H,3-7,9H2,1-2H3. The molecule has 17 heavy (non-hydrogen) atoms. The summed E-state index contributed by atoms with van der Waals surface area (Å²) in [6, 6.07) is 2.55. The first-order valence-electron chi connectivity index (χ1n) is 6.64. The number of aryl methyl sites for hydroxylation is 2. The molecule has 2 rings (SSSR count). The van der Waals surface area contributed by atoms with Gasteiger partial charge in [-0.3, -0.25) is 0 Å². The Morgan fingerprint density at radius 1 is 1.29 bits per heavy atom. The van der Waals surface area contributed by atoms with E-state index in [1.54, 1.807) is 0 Å². The van der Waals surface area contributed by atoms with Gasteiger partial charge in [0.25, 0.3) is 0 Å². The molecular weight excluding hydrogens is 230 g/mol. The van der Waals surface area contributed by atoms with Gasteiger partial charge in [-0.15, -0.1) is 11.3 Å². The number of hydrogen-bond acceptors (Lipinski definition) is 3. The third-order valence-corrected chi connectivity index (χ3v) is 4.89. The monoisotopic (exact) mass is 253 g/mol. The van der Waals surface area contributed by atoms with Crippen LogP contribution in [0.2, 0.25) is 0 Å². The van der Waals surface area contributed by atoms with Crippen LogP contribution in [0.3, 0.4) is 0 Å². The van der Waals surface area contributed by atoms with E-state index in [0.29, 0.717) is 6.04 Å². The van der Waals surface area contributed by atoms with Gasteiger partial charge in [-0.2, -0.15) is 0 Å². The van der Waals surface area contributed by atoms with Gasteiger partial charge in [0.1, 0.15) is 0 Å². The summed E-state index contributed by atoms with van der Waals surface area (Å²) in [6.07, 6.45) is 5.62. The number of rotatable bonds is 3. The van der Waals surface area contributed by atoms with Crippen molar-refractivity contribution < 1.29 is 5.11 Å². The summed E-state index contributed by atoms with van der Waals surface area (Å²) in [5.74, 6) is 0. The highest BCUT2D eigenvalue weighted by Crippen LogP contribution is 2.22. The van der Waals surface area contributed by atoms with Crippen LogP contribution in [-0.2, 0) is 6.54 Å². The number of nitrogens with one attached hydrogen (secondary N) is 1. The Kier molecular flexibility index (Phi) is 4.60. The molecule has 1 aromatic heterocycles. The average Bonchev–Trinajstić information content (AvgIpc) is 2.50. The van der Waals surface area contributed by atoms with Gasteiger partial charge in [0, 0.05) is 22.3 Å². The third-order valence-electron chi connectivity index (χ3n) is 3.73. The van der Waals surface area contributed by atoms with Crippen molar-refractivity contribution in [2.24, 2.45) is 0 Å². The second-order valence-corrected chi connectivity index (χ2v) is 6.49. The van der Waals surface area contributed by atoms with E-state index in [2.05, 4.69) is 25.2 Å². The molecule has 0 amide bonds. The Labute approximate surface area is 108 Å². The van der Waals surface area contributed by atoms with Crippen LogP contribution in [0, 0.1) is 13.8 Å². The van der Waals surface area contributed by atoms with Crippen molar-refractivity contribution in [2.45, 2.75) is 64.6 Å². The Bertz CT molecular complexity index is 342. The van der Waals surface area contributed by atoms with Crippen LogP contribution in [0.1, 0.15) is 47.4 Å².